The summed E-state index contributed by atoms with van der Waals surface area (Å²) in [4.78, 5) is 12.6. The van der Waals surface area contributed by atoms with Gasteiger partial charge in [-0.1, -0.05) is 30.0 Å². The van der Waals surface area contributed by atoms with Gasteiger partial charge in [0, 0.05) is 5.69 Å². The fourth-order valence-corrected chi connectivity index (χ4v) is 3.76. The first-order valence-electron chi connectivity index (χ1n) is 9.68. The highest BCUT2D eigenvalue weighted by atomic mass is 32.2. The van der Waals surface area contributed by atoms with Crippen molar-refractivity contribution in [3.05, 3.63) is 64.5 Å². The van der Waals surface area contributed by atoms with Gasteiger partial charge in [0.05, 0.1) is 5.25 Å². The van der Waals surface area contributed by atoms with Crippen molar-refractivity contribution in [1.82, 2.24) is 14.9 Å². The first-order valence-corrected chi connectivity index (χ1v) is 10.6. The lowest BCUT2D eigenvalue weighted by Crippen LogP contribution is -2.24. The van der Waals surface area contributed by atoms with E-state index in [1.807, 2.05) is 65.0 Å². The number of amides is 1. The van der Waals surface area contributed by atoms with Crippen molar-refractivity contribution in [2.75, 3.05) is 11.2 Å². The average molecular weight is 426 g/mol. The van der Waals surface area contributed by atoms with E-state index in [4.69, 9.17) is 10.6 Å². The number of nitrogens with one attached hydrogen (secondary N) is 1. The van der Waals surface area contributed by atoms with Crippen molar-refractivity contribution in [3.63, 3.8) is 0 Å². The van der Waals surface area contributed by atoms with Crippen molar-refractivity contribution in [3.8, 4) is 5.75 Å². The number of carbonyl (C=O) groups is 1. The van der Waals surface area contributed by atoms with Gasteiger partial charge in [0.1, 0.15) is 12.4 Å². The standard InChI is InChI=1S/C22H27N5O2S/c1-13-6-7-16(4)19(11-13)24-21(28)17(5)30-22-26-25-20(27(22)23)12-29-18-9-14(2)8-15(3)10-18/h6-11,17H,12,23H2,1-5H3,(H,24,28)/t17-/m0/s1. The predicted octanol–water partition coefficient (Wildman–Crippen LogP) is 3.92. The Balaban J connectivity index is 1.62. The van der Waals surface area contributed by atoms with E-state index < -0.39 is 5.25 Å². The lowest BCUT2D eigenvalue weighted by molar-refractivity contribution is -0.115. The summed E-state index contributed by atoms with van der Waals surface area (Å²) < 4.78 is 7.18. The zero-order valence-electron chi connectivity index (χ0n) is 17.9. The fraction of sp³-hybridized carbons (Fsp3) is 0.318. The number of thioether (sulfide) groups is 1. The van der Waals surface area contributed by atoms with Crippen LogP contribution in [0.3, 0.4) is 0 Å². The van der Waals surface area contributed by atoms with Crippen LogP contribution in [0.15, 0.2) is 41.6 Å². The van der Waals surface area contributed by atoms with E-state index in [1.54, 1.807) is 0 Å². The molecule has 0 spiro atoms. The van der Waals surface area contributed by atoms with Crippen LogP contribution in [0.4, 0.5) is 5.69 Å². The summed E-state index contributed by atoms with van der Waals surface area (Å²) in [5.74, 6) is 7.25. The Morgan fingerprint density at radius 3 is 2.50 bits per heavy atom. The van der Waals surface area contributed by atoms with Gasteiger partial charge in [-0.2, -0.15) is 0 Å². The highest BCUT2D eigenvalue weighted by Crippen LogP contribution is 2.24. The number of anilines is 1. The van der Waals surface area contributed by atoms with Crippen LogP contribution in [0.25, 0.3) is 0 Å². The van der Waals surface area contributed by atoms with Crippen molar-refractivity contribution in [2.24, 2.45) is 0 Å². The molecule has 1 aromatic heterocycles. The molecule has 158 valence electrons. The fourth-order valence-electron chi connectivity index (χ4n) is 2.97. The van der Waals surface area contributed by atoms with Crippen LogP contribution < -0.4 is 15.9 Å². The number of ether oxygens (including phenoxy) is 1. The molecule has 30 heavy (non-hydrogen) atoms. The highest BCUT2D eigenvalue weighted by molar-refractivity contribution is 8.00. The van der Waals surface area contributed by atoms with Crippen LogP contribution in [0.5, 0.6) is 5.75 Å². The molecule has 0 unspecified atom stereocenters. The Hall–Kier alpha value is -3.00. The van der Waals surface area contributed by atoms with Gasteiger partial charge in [-0.3, -0.25) is 4.79 Å². The summed E-state index contributed by atoms with van der Waals surface area (Å²) in [6.45, 7) is 9.99. The number of nitrogens with two attached hydrogens (primary N) is 1. The summed E-state index contributed by atoms with van der Waals surface area (Å²) in [6.07, 6.45) is 0. The molecule has 3 rings (SSSR count). The quantitative estimate of drug-likeness (QED) is 0.440. The highest BCUT2D eigenvalue weighted by Gasteiger charge is 2.20. The molecule has 8 heteroatoms. The van der Waals surface area contributed by atoms with Crippen LogP contribution in [-0.2, 0) is 11.4 Å². The van der Waals surface area contributed by atoms with E-state index in [9.17, 15) is 4.79 Å². The number of nitrogens with zero attached hydrogens (tertiary/aromatic N) is 3. The maximum atomic E-state index is 12.6. The van der Waals surface area contributed by atoms with Crippen LogP contribution >= 0.6 is 11.8 Å². The minimum Gasteiger partial charge on any atom is -0.486 e. The molecule has 3 aromatic rings. The number of aryl methyl sites for hydroxylation is 4. The van der Waals surface area contributed by atoms with Gasteiger partial charge >= 0.3 is 0 Å². The van der Waals surface area contributed by atoms with Crippen LogP contribution in [0.2, 0.25) is 0 Å². The van der Waals surface area contributed by atoms with Crippen molar-refractivity contribution < 1.29 is 9.53 Å². The minimum atomic E-state index is -0.399. The van der Waals surface area contributed by atoms with E-state index in [-0.39, 0.29) is 12.5 Å². The molecule has 7 nitrogen and oxygen atoms in total. The molecule has 0 radical (unpaired) electrons. The van der Waals surface area contributed by atoms with Gasteiger partial charge in [-0.25, -0.2) is 4.68 Å². The summed E-state index contributed by atoms with van der Waals surface area (Å²) in [5.41, 5.74) is 5.16. The van der Waals surface area contributed by atoms with Gasteiger partial charge < -0.3 is 15.9 Å². The first kappa shape index (κ1) is 21.7. The molecule has 1 amide bonds. The largest absolute Gasteiger partial charge is 0.486 e. The van der Waals surface area contributed by atoms with Gasteiger partial charge in [0.25, 0.3) is 0 Å². The number of benzene rings is 2. The molecule has 0 saturated heterocycles. The van der Waals surface area contributed by atoms with Crippen molar-refractivity contribution >= 4 is 23.4 Å². The summed E-state index contributed by atoms with van der Waals surface area (Å²) in [6, 6.07) is 12.0. The molecule has 1 atom stereocenters. The van der Waals surface area contributed by atoms with E-state index in [0.29, 0.717) is 11.0 Å². The second-order valence-electron chi connectivity index (χ2n) is 7.45. The maximum Gasteiger partial charge on any atom is 0.237 e. The number of hydrogen-bond acceptors (Lipinski definition) is 6. The van der Waals surface area contributed by atoms with Crippen LogP contribution in [0, 0.1) is 27.7 Å². The monoisotopic (exact) mass is 425 g/mol. The Labute approximate surface area is 181 Å². The number of nitrogen functional groups attached to an aromatic ring is 1. The molecule has 0 fully saturated rings. The topological polar surface area (TPSA) is 95.1 Å². The van der Waals surface area contributed by atoms with Crippen molar-refractivity contribution in [1.29, 1.82) is 0 Å². The smallest absolute Gasteiger partial charge is 0.237 e. The molecule has 0 aliphatic carbocycles. The molecule has 0 bridgehead atoms. The van der Waals surface area contributed by atoms with E-state index in [1.165, 1.54) is 16.4 Å². The van der Waals surface area contributed by atoms with Gasteiger partial charge in [0.2, 0.25) is 11.1 Å². The molecule has 3 N–H and O–H groups in total. The predicted molar refractivity (Wildman–Crippen MR) is 120 cm³/mol. The molecule has 0 aliphatic rings. The minimum absolute atomic E-state index is 0.121. The first-order chi connectivity index (χ1) is 14.2. The molecular formula is C22H27N5O2S. The van der Waals surface area contributed by atoms with Crippen molar-refractivity contribution in [2.45, 2.75) is 51.6 Å². The van der Waals surface area contributed by atoms with Gasteiger partial charge in [0.15, 0.2) is 5.82 Å². The van der Waals surface area contributed by atoms with E-state index in [0.717, 1.165) is 33.7 Å². The molecular weight excluding hydrogens is 398 g/mol. The zero-order chi connectivity index (χ0) is 21.8. The Morgan fingerprint density at radius 1 is 1.10 bits per heavy atom. The maximum absolute atomic E-state index is 12.6. The van der Waals surface area contributed by atoms with E-state index >= 15 is 0 Å². The number of rotatable bonds is 7. The summed E-state index contributed by atoms with van der Waals surface area (Å²) in [5, 5.41) is 11.3. The Kier molecular flexibility index (Phi) is 6.66. The second-order valence-corrected chi connectivity index (χ2v) is 8.76. The second kappa shape index (κ2) is 9.21. The lowest BCUT2D eigenvalue weighted by Gasteiger charge is -2.13. The number of carbonyl (C=O) groups excluding carboxylic acids is 1. The lowest BCUT2D eigenvalue weighted by atomic mass is 10.1. The van der Waals surface area contributed by atoms with Crippen LogP contribution in [-0.4, -0.2) is 26.0 Å². The average Bonchev–Trinajstić information content (AvgIpc) is 3.02. The van der Waals surface area contributed by atoms with Gasteiger partial charge in [-0.05, 0) is 75.1 Å². The molecule has 0 saturated carbocycles. The molecule has 2 aromatic carbocycles. The summed E-state index contributed by atoms with van der Waals surface area (Å²) in [7, 11) is 0. The molecule has 0 aliphatic heterocycles. The zero-order valence-corrected chi connectivity index (χ0v) is 18.7. The Morgan fingerprint density at radius 2 is 1.80 bits per heavy atom. The summed E-state index contributed by atoms with van der Waals surface area (Å²) >= 11 is 1.25. The molecule has 1 heterocycles. The third-order valence-electron chi connectivity index (χ3n) is 4.60. The van der Waals surface area contributed by atoms with Crippen LogP contribution in [0.1, 0.15) is 35.0 Å². The third-order valence-corrected chi connectivity index (χ3v) is 5.66. The van der Waals surface area contributed by atoms with E-state index in [2.05, 4.69) is 21.6 Å². The number of hydrogen-bond donors (Lipinski definition) is 2. The SMILES string of the molecule is Cc1cc(C)cc(OCc2nnc(S[C@@H](C)C(=O)Nc3cc(C)ccc3C)n2N)c1. The third kappa shape index (κ3) is 5.33. The normalized spacial score (nSPS) is 11.9. The Bertz CT molecular complexity index is 1040. The van der Waals surface area contributed by atoms with Gasteiger partial charge in [-0.15, -0.1) is 10.2 Å². The number of aromatic nitrogens is 3.